The fourth-order valence-electron chi connectivity index (χ4n) is 4.40. The van der Waals surface area contributed by atoms with Gasteiger partial charge in [-0.25, -0.2) is 4.98 Å². The Hall–Kier alpha value is -3.36. The molecule has 3 amide bonds. The monoisotopic (exact) mass is 497 g/mol. The average molecular weight is 498 g/mol. The number of carbonyl (C=O) groups is 3. The number of unbranched alkanes of at least 4 members (excludes halogenated alkanes) is 1. The molecule has 0 fully saturated rings. The Labute approximate surface area is 214 Å². The highest BCUT2D eigenvalue weighted by molar-refractivity contribution is 5.99. The number of aryl methyl sites for hydroxylation is 1. The summed E-state index contributed by atoms with van der Waals surface area (Å²) in [7, 11) is 5.31. The number of likely N-dealkylation sites (N-methyl/N-ethyl adjacent to an activating group) is 2. The van der Waals surface area contributed by atoms with Gasteiger partial charge >= 0.3 is 0 Å². The number of hydrogen-bond donors (Lipinski definition) is 0. The van der Waals surface area contributed by atoms with Crippen molar-refractivity contribution in [3.05, 3.63) is 48.5 Å². The molecule has 0 unspecified atom stereocenters. The molecular weight excluding hydrogens is 458 g/mol. The molecule has 2 aromatic rings. The first kappa shape index (κ1) is 27.2. The van der Waals surface area contributed by atoms with E-state index in [1.54, 1.807) is 47.4 Å². The second-order valence-corrected chi connectivity index (χ2v) is 9.46. The van der Waals surface area contributed by atoms with Crippen LogP contribution in [0.25, 0.3) is 0 Å². The summed E-state index contributed by atoms with van der Waals surface area (Å²) in [6.07, 6.45) is 10.4. The predicted octanol–water partition coefficient (Wildman–Crippen LogP) is 3.06. The van der Waals surface area contributed by atoms with Gasteiger partial charge in [-0.2, -0.15) is 0 Å². The molecule has 196 valence electrons. The van der Waals surface area contributed by atoms with Gasteiger partial charge in [-0.1, -0.05) is 12.1 Å². The lowest BCUT2D eigenvalue weighted by atomic mass is 10.0. The minimum absolute atomic E-state index is 0.0479. The number of rotatable bonds is 8. The van der Waals surface area contributed by atoms with Crippen LogP contribution in [0.3, 0.4) is 0 Å². The minimum atomic E-state index is -0.571. The fourth-order valence-corrected chi connectivity index (χ4v) is 4.40. The summed E-state index contributed by atoms with van der Waals surface area (Å²) in [4.78, 5) is 48.3. The Morgan fingerprint density at radius 3 is 2.72 bits per heavy atom. The zero-order chi connectivity index (χ0) is 25.9. The predicted molar refractivity (Wildman–Crippen MR) is 138 cm³/mol. The topological polar surface area (TPSA) is 88.0 Å². The molecular formula is C27H39N5O4. The first-order chi connectivity index (χ1) is 17.4. The van der Waals surface area contributed by atoms with Gasteiger partial charge in [0.2, 0.25) is 11.8 Å². The number of amides is 3. The zero-order valence-electron chi connectivity index (χ0n) is 21.8. The smallest absolute Gasteiger partial charge is 0.258 e. The molecule has 0 saturated heterocycles. The zero-order valence-corrected chi connectivity index (χ0v) is 21.8. The molecule has 9 heteroatoms. The Morgan fingerprint density at radius 1 is 1.14 bits per heavy atom. The largest absolute Gasteiger partial charge is 0.493 e. The summed E-state index contributed by atoms with van der Waals surface area (Å²) in [5.74, 6) is 0.367. The van der Waals surface area contributed by atoms with Crippen LogP contribution in [0, 0.1) is 0 Å². The summed E-state index contributed by atoms with van der Waals surface area (Å²) in [5, 5.41) is 0. The van der Waals surface area contributed by atoms with Crippen LogP contribution in [0.4, 0.5) is 0 Å². The molecule has 0 N–H and O–H groups in total. The number of carbonyl (C=O) groups excluding carboxylic acids is 3. The lowest BCUT2D eigenvalue weighted by molar-refractivity contribution is -0.135. The van der Waals surface area contributed by atoms with Gasteiger partial charge in [0, 0.05) is 59.6 Å². The van der Waals surface area contributed by atoms with E-state index in [1.807, 2.05) is 36.0 Å². The third-order valence-corrected chi connectivity index (χ3v) is 6.75. The maximum Gasteiger partial charge on any atom is 0.258 e. The van der Waals surface area contributed by atoms with E-state index < -0.39 is 6.04 Å². The van der Waals surface area contributed by atoms with Crippen molar-refractivity contribution in [3.8, 4) is 5.75 Å². The molecule has 1 aliphatic rings. The van der Waals surface area contributed by atoms with Gasteiger partial charge in [0.1, 0.15) is 11.8 Å². The molecule has 1 aliphatic heterocycles. The standard InChI is InChI=1S/C27H39N5O4/c1-29(25(33)14-18-32-19-15-28-21-32)16-9-7-12-23-27(35)30(2)17-8-4-10-20-36-24-13-6-5-11-22(24)26(34)31(23)3/h5-6,11,13,15,19,21,23H,4,7-10,12,14,16-18,20H2,1-3H3/t23-/m0/s1. The van der Waals surface area contributed by atoms with Crippen molar-refractivity contribution in [1.82, 2.24) is 24.3 Å². The number of imidazole rings is 1. The first-order valence-corrected chi connectivity index (χ1v) is 12.8. The minimum Gasteiger partial charge on any atom is -0.493 e. The second-order valence-electron chi connectivity index (χ2n) is 9.46. The molecule has 0 bridgehead atoms. The number of benzene rings is 1. The molecule has 36 heavy (non-hydrogen) atoms. The molecule has 0 spiro atoms. The van der Waals surface area contributed by atoms with Crippen molar-refractivity contribution in [1.29, 1.82) is 0 Å². The van der Waals surface area contributed by atoms with Crippen LogP contribution in [0.1, 0.15) is 55.3 Å². The van der Waals surface area contributed by atoms with Crippen molar-refractivity contribution in [3.63, 3.8) is 0 Å². The highest BCUT2D eigenvalue weighted by Gasteiger charge is 2.30. The molecule has 1 aromatic carbocycles. The van der Waals surface area contributed by atoms with Gasteiger partial charge in [0.15, 0.2) is 0 Å². The highest BCUT2D eigenvalue weighted by atomic mass is 16.5. The van der Waals surface area contributed by atoms with Crippen LogP contribution in [-0.2, 0) is 16.1 Å². The number of nitrogens with zero attached hydrogens (tertiary/aromatic N) is 5. The van der Waals surface area contributed by atoms with E-state index in [-0.39, 0.29) is 17.7 Å². The summed E-state index contributed by atoms with van der Waals surface area (Å²) >= 11 is 0. The number of fused-ring (bicyclic) bond motifs is 1. The molecule has 1 aromatic heterocycles. The van der Waals surface area contributed by atoms with Crippen molar-refractivity contribution < 1.29 is 19.1 Å². The van der Waals surface area contributed by atoms with Gasteiger partial charge in [0.25, 0.3) is 5.91 Å². The molecule has 0 saturated carbocycles. The normalized spacial score (nSPS) is 17.5. The third-order valence-electron chi connectivity index (χ3n) is 6.75. The van der Waals surface area contributed by atoms with E-state index in [0.717, 1.165) is 32.1 Å². The fraction of sp³-hybridized carbons (Fsp3) is 0.556. The first-order valence-electron chi connectivity index (χ1n) is 12.8. The van der Waals surface area contributed by atoms with Crippen LogP contribution in [0.5, 0.6) is 5.75 Å². The summed E-state index contributed by atoms with van der Waals surface area (Å²) < 4.78 is 7.80. The highest BCUT2D eigenvalue weighted by Crippen LogP contribution is 2.23. The Kier molecular flexibility index (Phi) is 10.3. The molecule has 0 aliphatic carbocycles. The van der Waals surface area contributed by atoms with E-state index >= 15 is 0 Å². The molecule has 1 atom stereocenters. The van der Waals surface area contributed by atoms with Gasteiger partial charge in [0.05, 0.1) is 18.5 Å². The third kappa shape index (κ3) is 7.57. The van der Waals surface area contributed by atoms with Crippen molar-refractivity contribution in [2.45, 2.75) is 57.5 Å². The Bertz CT molecular complexity index is 994. The molecule has 9 nitrogen and oxygen atoms in total. The van der Waals surface area contributed by atoms with E-state index in [2.05, 4.69) is 4.98 Å². The van der Waals surface area contributed by atoms with Crippen LogP contribution in [0.2, 0.25) is 0 Å². The summed E-state index contributed by atoms with van der Waals surface area (Å²) in [6, 6.07) is 6.66. The van der Waals surface area contributed by atoms with Crippen LogP contribution < -0.4 is 4.74 Å². The summed E-state index contributed by atoms with van der Waals surface area (Å²) in [6.45, 7) is 2.40. The van der Waals surface area contributed by atoms with Crippen LogP contribution >= 0.6 is 0 Å². The average Bonchev–Trinajstić information content (AvgIpc) is 3.41. The molecule has 2 heterocycles. The van der Waals surface area contributed by atoms with Crippen LogP contribution in [-0.4, -0.2) is 88.9 Å². The van der Waals surface area contributed by atoms with E-state index in [9.17, 15) is 14.4 Å². The van der Waals surface area contributed by atoms with Gasteiger partial charge in [-0.15, -0.1) is 0 Å². The van der Waals surface area contributed by atoms with E-state index in [0.29, 0.717) is 50.4 Å². The van der Waals surface area contributed by atoms with Gasteiger partial charge in [-0.3, -0.25) is 14.4 Å². The maximum absolute atomic E-state index is 13.4. The number of hydrogen-bond acceptors (Lipinski definition) is 5. The van der Waals surface area contributed by atoms with Crippen molar-refractivity contribution in [2.75, 3.05) is 40.8 Å². The number of aromatic nitrogens is 2. The quantitative estimate of drug-likeness (QED) is 0.523. The Morgan fingerprint density at radius 2 is 1.94 bits per heavy atom. The van der Waals surface area contributed by atoms with Gasteiger partial charge in [-0.05, 0) is 50.7 Å². The summed E-state index contributed by atoms with van der Waals surface area (Å²) in [5.41, 5.74) is 0.475. The van der Waals surface area contributed by atoms with Crippen molar-refractivity contribution >= 4 is 17.7 Å². The Balaban J connectivity index is 1.61. The lowest BCUT2D eigenvalue weighted by Crippen LogP contribution is -2.48. The second kappa shape index (κ2) is 13.7. The SMILES string of the molecule is CN(CCCC[C@H]1C(=O)N(C)CCCCCOc2ccccc2C(=O)N1C)C(=O)CCn1ccnc1. The number of para-hydroxylation sites is 1. The van der Waals surface area contributed by atoms with Crippen LogP contribution in [0.15, 0.2) is 43.0 Å². The van der Waals surface area contributed by atoms with Gasteiger partial charge < -0.3 is 24.0 Å². The van der Waals surface area contributed by atoms with Crippen molar-refractivity contribution in [2.24, 2.45) is 0 Å². The van der Waals surface area contributed by atoms with E-state index in [1.165, 1.54) is 0 Å². The molecule has 0 radical (unpaired) electrons. The number of ether oxygens (including phenoxy) is 1. The van der Waals surface area contributed by atoms with E-state index in [4.69, 9.17) is 4.74 Å². The lowest BCUT2D eigenvalue weighted by Gasteiger charge is -2.31. The molecule has 3 rings (SSSR count). The maximum atomic E-state index is 13.4.